The highest BCUT2D eigenvalue weighted by molar-refractivity contribution is 6.13. The number of carbonyl (C=O) groups is 1. The molecule has 0 N–H and O–H groups in total. The Bertz CT molecular complexity index is 1470. The van der Waals surface area contributed by atoms with Crippen LogP contribution in [0.2, 0.25) is 0 Å². The molecule has 0 saturated heterocycles. The molecule has 4 aromatic carbocycles. The lowest BCUT2D eigenvalue weighted by Crippen LogP contribution is -2.18. The zero-order valence-electron chi connectivity index (χ0n) is 17.7. The van der Waals surface area contributed by atoms with Crippen molar-refractivity contribution in [3.05, 3.63) is 136 Å². The summed E-state index contributed by atoms with van der Waals surface area (Å²) in [5.41, 5.74) is 2.01. The first-order valence-electron chi connectivity index (χ1n) is 10.6. The molecule has 33 heavy (non-hydrogen) atoms. The van der Waals surface area contributed by atoms with Crippen LogP contribution >= 0.6 is 0 Å². The van der Waals surface area contributed by atoms with Gasteiger partial charge in [0.2, 0.25) is 11.2 Å². The minimum absolute atomic E-state index is 0.00402. The van der Waals surface area contributed by atoms with Gasteiger partial charge in [-0.1, -0.05) is 97.1 Å². The fourth-order valence-corrected chi connectivity index (χ4v) is 3.80. The van der Waals surface area contributed by atoms with Crippen molar-refractivity contribution < 1.29 is 13.9 Å². The molecule has 4 heteroatoms. The summed E-state index contributed by atoms with van der Waals surface area (Å²) in [5.74, 6) is 0.247. The summed E-state index contributed by atoms with van der Waals surface area (Å²) in [6.45, 7) is 0.293. The monoisotopic (exact) mass is 432 g/mol. The first kappa shape index (κ1) is 20.5. The summed E-state index contributed by atoms with van der Waals surface area (Å²) in [6, 6.07) is 32.9. The van der Waals surface area contributed by atoms with Gasteiger partial charge in [-0.15, -0.1) is 0 Å². The zero-order chi connectivity index (χ0) is 22.6. The number of carbonyl (C=O) groups excluding carboxylic acids is 1. The van der Waals surface area contributed by atoms with E-state index in [1.54, 1.807) is 42.5 Å². The van der Waals surface area contributed by atoms with Gasteiger partial charge in [0.25, 0.3) is 0 Å². The van der Waals surface area contributed by atoms with Crippen LogP contribution in [-0.4, -0.2) is 5.78 Å². The van der Waals surface area contributed by atoms with Gasteiger partial charge in [-0.05, 0) is 17.7 Å². The maximum Gasteiger partial charge on any atom is 0.208 e. The molecule has 5 aromatic rings. The highest BCUT2D eigenvalue weighted by Gasteiger charge is 2.25. The van der Waals surface area contributed by atoms with Crippen molar-refractivity contribution in [1.82, 2.24) is 0 Å². The number of hydrogen-bond acceptors (Lipinski definition) is 4. The van der Waals surface area contributed by atoms with Crippen LogP contribution in [0.4, 0.5) is 0 Å². The standard InChI is InChI=1S/C29H20O4/c30-27(21-13-6-2-7-14-21)26-28(31)25-23(32-19-20-11-4-1-5-12-20)17-10-18-24(25)33-29(26)22-15-8-3-9-16-22/h1-18H,19H2. The van der Waals surface area contributed by atoms with Crippen LogP contribution in [0.5, 0.6) is 5.75 Å². The third-order valence-corrected chi connectivity index (χ3v) is 5.42. The van der Waals surface area contributed by atoms with Crippen molar-refractivity contribution in [1.29, 1.82) is 0 Å². The van der Waals surface area contributed by atoms with Crippen LogP contribution in [-0.2, 0) is 6.61 Å². The molecule has 0 atom stereocenters. The average Bonchev–Trinajstić information content (AvgIpc) is 2.88. The fraction of sp³-hybridized carbons (Fsp3) is 0.0345. The third-order valence-electron chi connectivity index (χ3n) is 5.42. The number of fused-ring (bicyclic) bond motifs is 1. The Kier molecular flexibility index (Phi) is 5.56. The van der Waals surface area contributed by atoms with Crippen LogP contribution in [0.25, 0.3) is 22.3 Å². The Balaban J connectivity index is 1.70. The highest BCUT2D eigenvalue weighted by atomic mass is 16.5. The Labute approximate surface area is 190 Å². The molecule has 4 nitrogen and oxygen atoms in total. The Morgan fingerprint density at radius 2 is 1.36 bits per heavy atom. The molecule has 0 amide bonds. The normalized spacial score (nSPS) is 10.8. The average molecular weight is 432 g/mol. The number of hydrogen-bond donors (Lipinski definition) is 0. The van der Waals surface area contributed by atoms with Crippen molar-refractivity contribution >= 4 is 16.8 Å². The number of benzene rings is 4. The summed E-state index contributed by atoms with van der Waals surface area (Å²) in [5, 5.41) is 0.257. The summed E-state index contributed by atoms with van der Waals surface area (Å²) in [7, 11) is 0. The van der Waals surface area contributed by atoms with E-state index in [-0.39, 0.29) is 22.5 Å². The van der Waals surface area contributed by atoms with Crippen molar-refractivity contribution in [3.63, 3.8) is 0 Å². The summed E-state index contributed by atoms with van der Waals surface area (Å²) in [4.78, 5) is 27.3. The molecule has 0 unspecified atom stereocenters. The lowest BCUT2D eigenvalue weighted by Gasteiger charge is -2.13. The van der Waals surface area contributed by atoms with E-state index < -0.39 is 5.43 Å². The summed E-state index contributed by atoms with van der Waals surface area (Å²) < 4.78 is 12.2. The maximum atomic E-state index is 13.8. The molecule has 0 saturated carbocycles. The van der Waals surface area contributed by atoms with E-state index in [2.05, 4.69) is 0 Å². The highest BCUT2D eigenvalue weighted by Crippen LogP contribution is 2.31. The minimum Gasteiger partial charge on any atom is -0.488 e. The number of ether oxygens (including phenoxy) is 1. The van der Waals surface area contributed by atoms with Gasteiger partial charge in [-0.25, -0.2) is 0 Å². The van der Waals surface area contributed by atoms with Crippen molar-refractivity contribution in [2.45, 2.75) is 6.61 Å². The predicted molar refractivity (Wildman–Crippen MR) is 129 cm³/mol. The molecule has 0 aliphatic rings. The Morgan fingerprint density at radius 1 is 0.727 bits per heavy atom. The van der Waals surface area contributed by atoms with Gasteiger partial charge in [-0.3, -0.25) is 9.59 Å². The largest absolute Gasteiger partial charge is 0.488 e. The van der Waals surface area contributed by atoms with Gasteiger partial charge in [0.1, 0.15) is 34.6 Å². The van der Waals surface area contributed by atoms with Gasteiger partial charge in [0.15, 0.2) is 0 Å². The van der Waals surface area contributed by atoms with Gasteiger partial charge in [0, 0.05) is 11.1 Å². The maximum absolute atomic E-state index is 13.8. The van der Waals surface area contributed by atoms with E-state index in [0.717, 1.165) is 5.56 Å². The molecule has 160 valence electrons. The first-order valence-corrected chi connectivity index (χ1v) is 10.6. The Morgan fingerprint density at radius 3 is 2.06 bits per heavy atom. The second kappa shape index (κ2) is 8.97. The van der Waals surface area contributed by atoms with E-state index in [0.29, 0.717) is 29.1 Å². The molecule has 1 heterocycles. The van der Waals surface area contributed by atoms with E-state index >= 15 is 0 Å². The fourth-order valence-electron chi connectivity index (χ4n) is 3.80. The molecule has 5 rings (SSSR count). The number of ketones is 1. The van der Waals surface area contributed by atoms with Gasteiger partial charge in [0.05, 0.1) is 0 Å². The van der Waals surface area contributed by atoms with Crippen LogP contribution in [0.15, 0.2) is 118 Å². The van der Waals surface area contributed by atoms with Crippen LogP contribution in [0.1, 0.15) is 21.5 Å². The quantitative estimate of drug-likeness (QED) is 0.297. The molecular formula is C29H20O4. The van der Waals surface area contributed by atoms with Gasteiger partial charge >= 0.3 is 0 Å². The second-order valence-electron chi connectivity index (χ2n) is 7.60. The minimum atomic E-state index is -0.410. The topological polar surface area (TPSA) is 56.5 Å². The van der Waals surface area contributed by atoms with Crippen LogP contribution < -0.4 is 10.2 Å². The van der Waals surface area contributed by atoms with Crippen molar-refractivity contribution in [3.8, 4) is 17.1 Å². The van der Waals surface area contributed by atoms with Crippen LogP contribution in [0, 0.1) is 0 Å². The van der Waals surface area contributed by atoms with E-state index in [1.807, 2.05) is 66.7 Å². The SMILES string of the molecule is O=C(c1ccccc1)c1c(-c2ccccc2)oc2cccc(OCc3ccccc3)c2c1=O. The first-order chi connectivity index (χ1) is 16.2. The lowest BCUT2D eigenvalue weighted by molar-refractivity contribution is 0.103. The van der Waals surface area contributed by atoms with Crippen molar-refractivity contribution in [2.24, 2.45) is 0 Å². The Hall–Kier alpha value is -4.44. The molecule has 0 aliphatic heterocycles. The summed E-state index contributed by atoms with van der Waals surface area (Å²) in [6.07, 6.45) is 0. The van der Waals surface area contributed by atoms with Gasteiger partial charge < -0.3 is 9.15 Å². The van der Waals surface area contributed by atoms with E-state index in [4.69, 9.17) is 9.15 Å². The predicted octanol–water partition coefficient (Wildman–Crippen LogP) is 6.27. The third kappa shape index (κ3) is 4.06. The molecular weight excluding hydrogens is 412 g/mol. The molecule has 1 aromatic heterocycles. The van der Waals surface area contributed by atoms with Gasteiger partial charge in [-0.2, -0.15) is 0 Å². The second-order valence-corrected chi connectivity index (χ2v) is 7.60. The molecule has 0 spiro atoms. The summed E-state index contributed by atoms with van der Waals surface area (Å²) >= 11 is 0. The zero-order valence-corrected chi connectivity index (χ0v) is 17.7. The molecule has 0 aliphatic carbocycles. The molecule has 0 bridgehead atoms. The van der Waals surface area contributed by atoms with E-state index in [1.165, 1.54) is 0 Å². The van der Waals surface area contributed by atoms with Crippen molar-refractivity contribution in [2.75, 3.05) is 0 Å². The smallest absolute Gasteiger partial charge is 0.208 e. The molecule has 0 radical (unpaired) electrons. The van der Waals surface area contributed by atoms with E-state index in [9.17, 15) is 9.59 Å². The lowest BCUT2D eigenvalue weighted by atomic mass is 9.97. The number of rotatable bonds is 6. The molecule has 0 fully saturated rings. The van der Waals surface area contributed by atoms with Crippen LogP contribution in [0.3, 0.4) is 0 Å².